The third-order valence-electron chi connectivity index (χ3n) is 4.97. The Morgan fingerprint density at radius 1 is 1.18 bits per heavy atom. The van der Waals surface area contributed by atoms with Crippen LogP contribution in [0.4, 0.5) is 0 Å². The van der Waals surface area contributed by atoms with Crippen LogP contribution in [0.25, 0.3) is 5.57 Å². The lowest BCUT2D eigenvalue weighted by Gasteiger charge is -2.29. The quantitative estimate of drug-likeness (QED) is 0.857. The van der Waals surface area contributed by atoms with Gasteiger partial charge in [0.2, 0.25) is 0 Å². The molecule has 0 aliphatic carbocycles. The molecule has 1 aromatic carbocycles. The van der Waals surface area contributed by atoms with Crippen molar-refractivity contribution in [1.82, 2.24) is 20.4 Å². The number of aromatic amines is 1. The SMILES string of the molecule is Cc1ccc(C(=O)N2C=C(C(=O)NC(C)C)c3[nH]nc(C)c3C(C)(C)C2)cc1. The summed E-state index contributed by atoms with van der Waals surface area (Å²) in [4.78, 5) is 27.8. The first-order chi connectivity index (χ1) is 13.1. The third-order valence-corrected chi connectivity index (χ3v) is 4.97. The molecule has 6 nitrogen and oxygen atoms in total. The molecule has 0 saturated heterocycles. The molecule has 2 aromatic rings. The van der Waals surface area contributed by atoms with Crippen LogP contribution in [0.1, 0.15) is 60.6 Å². The average molecular weight is 380 g/mol. The van der Waals surface area contributed by atoms with Gasteiger partial charge in [0.05, 0.1) is 17.0 Å². The average Bonchev–Trinajstić information content (AvgIpc) is 2.94. The van der Waals surface area contributed by atoms with Gasteiger partial charge in [-0.3, -0.25) is 14.7 Å². The van der Waals surface area contributed by atoms with Crippen LogP contribution >= 0.6 is 0 Å². The van der Waals surface area contributed by atoms with E-state index < -0.39 is 0 Å². The minimum atomic E-state index is -0.372. The summed E-state index contributed by atoms with van der Waals surface area (Å²) in [6.07, 6.45) is 1.66. The molecular weight excluding hydrogens is 352 g/mol. The van der Waals surface area contributed by atoms with Gasteiger partial charge in [0, 0.05) is 35.3 Å². The van der Waals surface area contributed by atoms with E-state index in [1.54, 1.807) is 11.1 Å². The number of nitrogens with zero attached hydrogens (tertiary/aromatic N) is 2. The highest BCUT2D eigenvalue weighted by atomic mass is 16.2. The highest BCUT2D eigenvalue weighted by Crippen LogP contribution is 2.36. The largest absolute Gasteiger partial charge is 0.350 e. The molecule has 0 saturated carbocycles. The number of carbonyl (C=O) groups excluding carboxylic acids is 2. The van der Waals surface area contributed by atoms with Crippen LogP contribution in [0.5, 0.6) is 0 Å². The molecule has 0 unspecified atom stereocenters. The second-order valence-corrected chi connectivity index (χ2v) is 8.41. The van der Waals surface area contributed by atoms with Crippen molar-refractivity contribution in [3.8, 4) is 0 Å². The van der Waals surface area contributed by atoms with E-state index in [-0.39, 0.29) is 23.3 Å². The Morgan fingerprint density at radius 2 is 1.82 bits per heavy atom. The Hall–Kier alpha value is -2.89. The van der Waals surface area contributed by atoms with Gasteiger partial charge in [-0.15, -0.1) is 0 Å². The summed E-state index contributed by atoms with van der Waals surface area (Å²) >= 11 is 0. The number of amides is 2. The van der Waals surface area contributed by atoms with Crippen LogP contribution in [0.3, 0.4) is 0 Å². The van der Waals surface area contributed by atoms with E-state index in [1.165, 1.54) is 0 Å². The van der Waals surface area contributed by atoms with Gasteiger partial charge in [0.1, 0.15) is 0 Å². The number of H-pyrrole nitrogens is 1. The molecule has 2 amide bonds. The van der Waals surface area contributed by atoms with Gasteiger partial charge in [-0.1, -0.05) is 31.5 Å². The molecule has 2 N–H and O–H groups in total. The summed E-state index contributed by atoms with van der Waals surface area (Å²) < 4.78 is 0. The number of aromatic nitrogens is 2. The second-order valence-electron chi connectivity index (χ2n) is 8.41. The zero-order valence-electron chi connectivity index (χ0n) is 17.4. The molecule has 0 fully saturated rings. The summed E-state index contributed by atoms with van der Waals surface area (Å²) in [7, 11) is 0. The molecule has 0 bridgehead atoms. The van der Waals surface area contributed by atoms with E-state index in [4.69, 9.17) is 0 Å². The Balaban J connectivity index is 2.10. The minimum absolute atomic E-state index is 0.0154. The molecule has 148 valence electrons. The van der Waals surface area contributed by atoms with Crippen molar-refractivity contribution in [2.75, 3.05) is 6.54 Å². The molecule has 1 aliphatic rings. The molecule has 1 aromatic heterocycles. The van der Waals surface area contributed by atoms with Crippen molar-refractivity contribution in [2.45, 2.75) is 53.0 Å². The zero-order valence-corrected chi connectivity index (χ0v) is 17.4. The lowest BCUT2D eigenvalue weighted by molar-refractivity contribution is -0.116. The van der Waals surface area contributed by atoms with Crippen LogP contribution < -0.4 is 5.32 Å². The van der Waals surface area contributed by atoms with Crippen LogP contribution in [0, 0.1) is 13.8 Å². The number of aryl methyl sites for hydroxylation is 2. The normalized spacial score (nSPS) is 15.7. The van der Waals surface area contributed by atoms with E-state index >= 15 is 0 Å². The first-order valence-corrected chi connectivity index (χ1v) is 9.56. The highest BCUT2D eigenvalue weighted by molar-refractivity contribution is 6.20. The Labute approximate surface area is 166 Å². The fraction of sp³-hybridized carbons (Fsp3) is 0.409. The third kappa shape index (κ3) is 3.72. The first-order valence-electron chi connectivity index (χ1n) is 9.56. The van der Waals surface area contributed by atoms with Gasteiger partial charge in [-0.05, 0) is 39.8 Å². The van der Waals surface area contributed by atoms with Gasteiger partial charge in [0.25, 0.3) is 11.8 Å². The van der Waals surface area contributed by atoms with E-state index in [2.05, 4.69) is 29.4 Å². The maximum absolute atomic E-state index is 13.2. The summed E-state index contributed by atoms with van der Waals surface area (Å²) in [5, 5.41) is 10.3. The van der Waals surface area contributed by atoms with Gasteiger partial charge in [-0.2, -0.15) is 5.10 Å². The minimum Gasteiger partial charge on any atom is -0.350 e. The van der Waals surface area contributed by atoms with Crippen molar-refractivity contribution in [3.05, 3.63) is 58.5 Å². The fourth-order valence-electron chi connectivity index (χ4n) is 3.73. The van der Waals surface area contributed by atoms with Crippen molar-refractivity contribution in [3.63, 3.8) is 0 Å². The molecular formula is C22H28N4O2. The van der Waals surface area contributed by atoms with Crippen molar-refractivity contribution >= 4 is 17.4 Å². The summed E-state index contributed by atoms with van der Waals surface area (Å²) in [5.41, 5.74) is 4.24. The Bertz CT molecular complexity index is 936. The maximum Gasteiger partial charge on any atom is 0.257 e. The molecule has 0 atom stereocenters. The second kappa shape index (κ2) is 7.26. The lowest BCUT2D eigenvalue weighted by Crippen LogP contribution is -2.37. The molecule has 1 aliphatic heterocycles. The van der Waals surface area contributed by atoms with Crippen LogP contribution in [0.15, 0.2) is 30.5 Å². The van der Waals surface area contributed by atoms with Crippen LogP contribution in [0.2, 0.25) is 0 Å². The van der Waals surface area contributed by atoms with Crippen molar-refractivity contribution in [2.24, 2.45) is 0 Å². The van der Waals surface area contributed by atoms with Gasteiger partial charge in [-0.25, -0.2) is 0 Å². The standard InChI is InChI=1S/C22H28N4O2/c1-13(2)23-20(27)17-11-26(21(28)16-9-7-14(3)8-10-16)12-22(5,6)18-15(4)24-25-19(17)18/h7-11,13H,12H2,1-6H3,(H,23,27)(H,24,25). The van der Waals surface area contributed by atoms with Crippen molar-refractivity contribution < 1.29 is 9.59 Å². The molecule has 3 rings (SSSR count). The maximum atomic E-state index is 13.2. The molecule has 0 radical (unpaired) electrons. The Kier molecular flexibility index (Phi) is 5.15. The topological polar surface area (TPSA) is 78.1 Å². The zero-order chi connectivity index (χ0) is 20.6. The van der Waals surface area contributed by atoms with E-state index in [9.17, 15) is 9.59 Å². The first kappa shape index (κ1) is 19.9. The molecule has 2 heterocycles. The number of fused-ring (bicyclic) bond motifs is 1. The summed E-state index contributed by atoms with van der Waals surface area (Å²) in [6.45, 7) is 12.3. The lowest BCUT2D eigenvalue weighted by atomic mass is 9.82. The molecule has 6 heteroatoms. The van der Waals surface area contributed by atoms with E-state index in [0.29, 0.717) is 23.4 Å². The molecule has 0 spiro atoms. The number of hydrogen-bond acceptors (Lipinski definition) is 3. The fourth-order valence-corrected chi connectivity index (χ4v) is 3.73. The van der Waals surface area contributed by atoms with Crippen LogP contribution in [-0.4, -0.2) is 39.5 Å². The Morgan fingerprint density at radius 3 is 2.43 bits per heavy atom. The van der Waals surface area contributed by atoms with E-state index in [1.807, 2.05) is 52.0 Å². The van der Waals surface area contributed by atoms with Gasteiger partial charge >= 0.3 is 0 Å². The predicted octanol–water partition coefficient (Wildman–Crippen LogP) is 3.33. The number of benzene rings is 1. The molecule has 28 heavy (non-hydrogen) atoms. The number of nitrogens with one attached hydrogen (secondary N) is 2. The summed E-state index contributed by atoms with van der Waals surface area (Å²) in [6, 6.07) is 7.47. The monoisotopic (exact) mass is 380 g/mol. The summed E-state index contributed by atoms with van der Waals surface area (Å²) in [5.74, 6) is -0.349. The van der Waals surface area contributed by atoms with Gasteiger partial charge < -0.3 is 10.2 Å². The van der Waals surface area contributed by atoms with E-state index in [0.717, 1.165) is 16.8 Å². The number of rotatable bonds is 3. The van der Waals surface area contributed by atoms with Crippen LogP contribution in [-0.2, 0) is 10.2 Å². The predicted molar refractivity (Wildman–Crippen MR) is 110 cm³/mol. The highest BCUT2D eigenvalue weighted by Gasteiger charge is 2.37. The number of carbonyl (C=O) groups is 2. The van der Waals surface area contributed by atoms with Crippen molar-refractivity contribution in [1.29, 1.82) is 0 Å². The number of hydrogen-bond donors (Lipinski definition) is 2. The smallest absolute Gasteiger partial charge is 0.257 e. The van der Waals surface area contributed by atoms with Gasteiger partial charge in [0.15, 0.2) is 0 Å².